The van der Waals surface area contributed by atoms with Crippen LogP contribution in [-0.2, 0) is 11.3 Å². The van der Waals surface area contributed by atoms with Crippen LogP contribution >= 0.6 is 0 Å². The van der Waals surface area contributed by atoms with E-state index in [0.29, 0.717) is 18.5 Å². The van der Waals surface area contributed by atoms with Gasteiger partial charge in [-0.05, 0) is 19.1 Å². The lowest BCUT2D eigenvalue weighted by atomic mass is 10.1. The number of rotatable bonds is 7. The standard InChI is InChI=1S/C16H23N3O2/c1-4-13(17-5-2)15-18-14-9-7-6-8-12(14)16(20)19(15)10-11-21-3/h6-9,13,17H,4-5,10-11H2,1-3H3/p+1/t13-/m0/s1. The van der Waals surface area contributed by atoms with Crippen LogP contribution in [0.3, 0.4) is 0 Å². The van der Waals surface area contributed by atoms with Gasteiger partial charge in [-0.25, -0.2) is 4.98 Å². The number of nitrogens with two attached hydrogens (primary N) is 1. The van der Waals surface area contributed by atoms with E-state index in [4.69, 9.17) is 9.72 Å². The van der Waals surface area contributed by atoms with E-state index in [1.807, 2.05) is 24.3 Å². The lowest BCUT2D eigenvalue weighted by molar-refractivity contribution is -0.695. The number of nitrogens with zero attached hydrogens (tertiary/aromatic N) is 2. The molecule has 0 radical (unpaired) electrons. The van der Waals surface area contributed by atoms with Crippen LogP contribution < -0.4 is 10.9 Å². The lowest BCUT2D eigenvalue weighted by Crippen LogP contribution is -2.85. The predicted molar refractivity (Wildman–Crippen MR) is 83.4 cm³/mol. The Hall–Kier alpha value is -1.72. The molecule has 1 atom stereocenters. The minimum atomic E-state index is 0.0237. The summed E-state index contributed by atoms with van der Waals surface area (Å²) >= 11 is 0. The molecular formula is C16H24N3O2+. The van der Waals surface area contributed by atoms with Gasteiger partial charge in [0.15, 0.2) is 5.82 Å². The van der Waals surface area contributed by atoms with E-state index in [1.165, 1.54) is 0 Å². The first-order valence-corrected chi connectivity index (χ1v) is 7.54. The molecule has 1 heterocycles. The summed E-state index contributed by atoms with van der Waals surface area (Å²) in [6, 6.07) is 7.73. The molecular weight excluding hydrogens is 266 g/mol. The third-order valence-corrected chi connectivity index (χ3v) is 3.70. The second kappa shape index (κ2) is 7.33. The van der Waals surface area contributed by atoms with Crippen molar-refractivity contribution < 1.29 is 10.1 Å². The smallest absolute Gasteiger partial charge is 0.261 e. The van der Waals surface area contributed by atoms with Crippen LogP contribution in [0.25, 0.3) is 10.9 Å². The fourth-order valence-corrected chi connectivity index (χ4v) is 2.61. The molecule has 1 aromatic heterocycles. The number of fused-ring (bicyclic) bond motifs is 1. The highest BCUT2D eigenvalue weighted by Gasteiger charge is 2.20. The quantitative estimate of drug-likeness (QED) is 0.830. The molecule has 0 unspecified atom stereocenters. The third kappa shape index (κ3) is 3.31. The summed E-state index contributed by atoms with van der Waals surface area (Å²) in [5.41, 5.74) is 0.796. The monoisotopic (exact) mass is 290 g/mol. The first-order chi connectivity index (χ1) is 10.2. The van der Waals surface area contributed by atoms with Crippen LogP contribution in [-0.4, -0.2) is 29.8 Å². The molecule has 0 saturated heterocycles. The molecule has 5 nitrogen and oxygen atoms in total. The summed E-state index contributed by atoms with van der Waals surface area (Å²) in [5.74, 6) is 0.847. The van der Waals surface area contributed by atoms with Crippen LogP contribution in [0.5, 0.6) is 0 Å². The van der Waals surface area contributed by atoms with Crippen LogP contribution in [0.15, 0.2) is 29.1 Å². The van der Waals surface area contributed by atoms with Gasteiger partial charge >= 0.3 is 0 Å². The van der Waals surface area contributed by atoms with Gasteiger partial charge in [-0.2, -0.15) is 0 Å². The van der Waals surface area contributed by atoms with Crippen molar-refractivity contribution in [1.29, 1.82) is 0 Å². The van der Waals surface area contributed by atoms with E-state index in [-0.39, 0.29) is 11.6 Å². The van der Waals surface area contributed by atoms with Crippen molar-refractivity contribution in [3.8, 4) is 0 Å². The Bertz CT molecular complexity index is 652. The zero-order valence-corrected chi connectivity index (χ0v) is 13.0. The Labute approximate surface area is 125 Å². The van der Waals surface area contributed by atoms with Crippen LogP contribution in [0, 0.1) is 0 Å². The van der Waals surface area contributed by atoms with Gasteiger partial charge in [0.1, 0.15) is 6.04 Å². The van der Waals surface area contributed by atoms with E-state index in [9.17, 15) is 4.79 Å². The van der Waals surface area contributed by atoms with Crippen molar-refractivity contribution in [1.82, 2.24) is 9.55 Å². The molecule has 2 rings (SSSR count). The van der Waals surface area contributed by atoms with E-state index in [1.54, 1.807) is 11.7 Å². The number of hydrogen-bond acceptors (Lipinski definition) is 3. The average molecular weight is 290 g/mol. The molecule has 1 aromatic carbocycles. The highest BCUT2D eigenvalue weighted by Crippen LogP contribution is 2.13. The van der Waals surface area contributed by atoms with Gasteiger partial charge in [-0.3, -0.25) is 9.36 Å². The minimum absolute atomic E-state index is 0.0237. The summed E-state index contributed by atoms with van der Waals surface area (Å²) in [6.45, 7) is 6.25. The molecule has 0 saturated carbocycles. The van der Waals surface area contributed by atoms with Gasteiger partial charge in [-0.1, -0.05) is 19.1 Å². The van der Waals surface area contributed by atoms with Gasteiger partial charge in [-0.15, -0.1) is 0 Å². The van der Waals surface area contributed by atoms with Gasteiger partial charge in [0.2, 0.25) is 0 Å². The fraction of sp³-hybridized carbons (Fsp3) is 0.500. The summed E-state index contributed by atoms with van der Waals surface area (Å²) in [6.07, 6.45) is 0.936. The molecule has 0 fully saturated rings. The molecule has 0 aliphatic heterocycles. The largest absolute Gasteiger partial charge is 0.383 e. The zero-order chi connectivity index (χ0) is 15.2. The third-order valence-electron chi connectivity index (χ3n) is 3.70. The highest BCUT2D eigenvalue weighted by molar-refractivity contribution is 5.77. The van der Waals surface area contributed by atoms with Crippen molar-refractivity contribution >= 4 is 10.9 Å². The number of ether oxygens (including phenoxy) is 1. The molecule has 2 aromatic rings. The van der Waals surface area contributed by atoms with E-state index >= 15 is 0 Å². The first-order valence-electron chi connectivity index (χ1n) is 7.54. The normalized spacial score (nSPS) is 12.7. The number of para-hydroxylation sites is 1. The van der Waals surface area contributed by atoms with Gasteiger partial charge < -0.3 is 10.1 Å². The zero-order valence-electron chi connectivity index (χ0n) is 13.0. The van der Waals surface area contributed by atoms with Gasteiger partial charge in [0.05, 0.1) is 30.6 Å². The number of benzene rings is 1. The number of hydrogen-bond donors (Lipinski definition) is 1. The Morgan fingerprint density at radius 1 is 1.33 bits per heavy atom. The maximum Gasteiger partial charge on any atom is 0.261 e. The average Bonchev–Trinajstić information content (AvgIpc) is 2.52. The molecule has 0 bridgehead atoms. The summed E-state index contributed by atoms with van der Waals surface area (Å²) in [4.78, 5) is 17.5. The predicted octanol–water partition coefficient (Wildman–Crippen LogP) is 1.08. The maximum absolute atomic E-state index is 12.7. The maximum atomic E-state index is 12.7. The topological polar surface area (TPSA) is 60.7 Å². The Morgan fingerprint density at radius 2 is 2.10 bits per heavy atom. The molecule has 0 aliphatic rings. The molecule has 0 amide bonds. The summed E-state index contributed by atoms with van der Waals surface area (Å²) in [7, 11) is 1.65. The van der Waals surface area contributed by atoms with Crippen LogP contribution in [0.4, 0.5) is 0 Å². The van der Waals surface area contributed by atoms with Crippen molar-refractivity contribution in [2.45, 2.75) is 32.9 Å². The Morgan fingerprint density at radius 3 is 2.76 bits per heavy atom. The molecule has 0 spiro atoms. The number of aromatic nitrogens is 2. The minimum Gasteiger partial charge on any atom is -0.383 e. The Kier molecular flexibility index (Phi) is 5.47. The van der Waals surface area contributed by atoms with Crippen molar-refractivity contribution in [3.63, 3.8) is 0 Å². The summed E-state index contributed by atoms with van der Waals surface area (Å²) < 4.78 is 6.91. The summed E-state index contributed by atoms with van der Waals surface area (Å²) in [5, 5.41) is 2.89. The number of methoxy groups -OCH3 is 1. The van der Waals surface area contributed by atoms with Crippen molar-refractivity contribution in [2.24, 2.45) is 0 Å². The SMILES string of the molecule is CC[NH2+][C@@H](CC)c1nc2ccccc2c(=O)n1CCOC. The second-order valence-electron chi connectivity index (χ2n) is 5.10. The lowest BCUT2D eigenvalue weighted by Gasteiger charge is -2.18. The van der Waals surface area contributed by atoms with Crippen molar-refractivity contribution in [2.75, 3.05) is 20.3 Å². The van der Waals surface area contributed by atoms with E-state index in [2.05, 4.69) is 19.2 Å². The van der Waals surface area contributed by atoms with Gasteiger partial charge in [0.25, 0.3) is 5.56 Å². The first kappa shape index (κ1) is 15.7. The van der Waals surface area contributed by atoms with Crippen molar-refractivity contribution in [3.05, 3.63) is 40.4 Å². The van der Waals surface area contributed by atoms with Crippen LogP contribution in [0.1, 0.15) is 32.1 Å². The fourth-order valence-electron chi connectivity index (χ4n) is 2.61. The number of quaternary nitrogens is 1. The molecule has 0 aliphatic carbocycles. The highest BCUT2D eigenvalue weighted by atomic mass is 16.5. The molecule has 21 heavy (non-hydrogen) atoms. The second-order valence-corrected chi connectivity index (χ2v) is 5.10. The van der Waals surface area contributed by atoms with Gasteiger partial charge in [0, 0.05) is 13.5 Å². The van der Waals surface area contributed by atoms with Crippen LogP contribution in [0.2, 0.25) is 0 Å². The molecule has 5 heteroatoms. The van der Waals surface area contributed by atoms with E-state index in [0.717, 1.165) is 24.3 Å². The molecule has 2 N–H and O–H groups in total. The molecule has 114 valence electrons. The Balaban J connectivity index is 2.62. The van der Waals surface area contributed by atoms with E-state index < -0.39 is 0 Å².